The minimum absolute atomic E-state index is 0.148. The van der Waals surface area contributed by atoms with Gasteiger partial charge in [0.05, 0.1) is 7.11 Å². The van der Waals surface area contributed by atoms with Crippen molar-refractivity contribution < 1.29 is 9.84 Å². The number of nitrogens with one attached hydrogen (secondary N) is 1. The van der Waals surface area contributed by atoms with E-state index in [2.05, 4.69) is 10.4 Å². The first-order valence-corrected chi connectivity index (χ1v) is 5.70. The highest BCUT2D eigenvalue weighted by Crippen LogP contribution is 2.26. The van der Waals surface area contributed by atoms with Crippen LogP contribution in [0.25, 0.3) is 0 Å². The summed E-state index contributed by atoms with van der Waals surface area (Å²) < 4.78 is 6.84. The number of aromatic nitrogens is 2. The molecule has 2 N–H and O–H groups in total. The number of hydrogen-bond acceptors (Lipinski definition) is 4. The number of rotatable bonds is 4. The minimum atomic E-state index is 0.148. The Kier molecular flexibility index (Phi) is 3.41. The first-order valence-electron chi connectivity index (χ1n) is 5.70. The maximum atomic E-state index is 9.51. The number of anilines is 1. The van der Waals surface area contributed by atoms with Crippen LogP contribution in [0.1, 0.15) is 11.1 Å². The molecule has 1 aromatic heterocycles. The zero-order chi connectivity index (χ0) is 13.1. The fourth-order valence-electron chi connectivity index (χ4n) is 1.80. The lowest BCUT2D eigenvalue weighted by Gasteiger charge is -2.08. The summed E-state index contributed by atoms with van der Waals surface area (Å²) in [5, 5.41) is 17.1. The average molecular weight is 247 g/mol. The molecule has 1 heterocycles. The maximum absolute atomic E-state index is 9.51. The summed E-state index contributed by atoms with van der Waals surface area (Å²) in [6, 6.07) is 5.28. The van der Waals surface area contributed by atoms with Gasteiger partial charge in [0, 0.05) is 25.4 Å². The van der Waals surface area contributed by atoms with Crippen LogP contribution in [0, 0.1) is 6.92 Å². The van der Waals surface area contributed by atoms with Crippen molar-refractivity contribution in [1.29, 1.82) is 0 Å². The molecule has 5 heteroatoms. The Hall–Kier alpha value is -2.17. The van der Waals surface area contributed by atoms with E-state index in [9.17, 15) is 5.11 Å². The number of aromatic hydroxyl groups is 1. The highest BCUT2D eigenvalue weighted by Gasteiger charge is 2.05. The molecule has 2 aromatic rings. The van der Waals surface area contributed by atoms with E-state index in [4.69, 9.17) is 4.74 Å². The van der Waals surface area contributed by atoms with Crippen molar-refractivity contribution in [2.45, 2.75) is 13.5 Å². The summed E-state index contributed by atoms with van der Waals surface area (Å²) in [4.78, 5) is 0. The fourth-order valence-corrected chi connectivity index (χ4v) is 1.80. The Morgan fingerprint density at radius 3 is 2.83 bits per heavy atom. The van der Waals surface area contributed by atoms with Crippen LogP contribution in [0.5, 0.6) is 11.5 Å². The Morgan fingerprint density at radius 2 is 2.22 bits per heavy atom. The van der Waals surface area contributed by atoms with Crippen LogP contribution in [0.2, 0.25) is 0 Å². The highest BCUT2D eigenvalue weighted by molar-refractivity contribution is 5.45. The molecule has 0 amide bonds. The molecule has 1 aromatic carbocycles. The number of nitrogens with zero attached hydrogens (tertiary/aromatic N) is 2. The van der Waals surface area contributed by atoms with E-state index in [1.807, 2.05) is 26.2 Å². The third-order valence-electron chi connectivity index (χ3n) is 2.72. The standard InChI is InChI=1S/C13H17N3O2/c1-9-8-16(2)15-13(9)14-7-10-4-5-11(17)12(6-10)18-3/h4-6,8,17H,7H2,1-3H3,(H,14,15). The van der Waals surface area contributed by atoms with Gasteiger partial charge in [-0.05, 0) is 24.6 Å². The van der Waals surface area contributed by atoms with E-state index in [0.29, 0.717) is 12.3 Å². The van der Waals surface area contributed by atoms with Crippen molar-refractivity contribution in [3.63, 3.8) is 0 Å². The maximum Gasteiger partial charge on any atom is 0.160 e. The molecule has 0 aliphatic heterocycles. The molecule has 96 valence electrons. The Labute approximate surface area is 106 Å². The first kappa shape index (κ1) is 12.3. The van der Waals surface area contributed by atoms with E-state index >= 15 is 0 Å². The van der Waals surface area contributed by atoms with Crippen molar-refractivity contribution in [2.24, 2.45) is 7.05 Å². The monoisotopic (exact) mass is 247 g/mol. The zero-order valence-electron chi connectivity index (χ0n) is 10.8. The predicted molar refractivity (Wildman–Crippen MR) is 69.9 cm³/mol. The SMILES string of the molecule is COc1cc(CNc2nn(C)cc2C)ccc1O. The van der Waals surface area contributed by atoms with Gasteiger partial charge in [-0.2, -0.15) is 5.10 Å². The van der Waals surface area contributed by atoms with Gasteiger partial charge in [0.15, 0.2) is 17.3 Å². The third kappa shape index (κ3) is 2.56. The summed E-state index contributed by atoms with van der Waals surface area (Å²) in [5.74, 6) is 1.49. The van der Waals surface area contributed by atoms with Crippen molar-refractivity contribution in [1.82, 2.24) is 9.78 Å². The summed E-state index contributed by atoms with van der Waals surface area (Å²) >= 11 is 0. The predicted octanol–water partition coefficient (Wildman–Crippen LogP) is 2.05. The van der Waals surface area contributed by atoms with E-state index in [0.717, 1.165) is 16.9 Å². The molecule has 0 aliphatic rings. The molecule has 0 spiro atoms. The number of hydrogen-bond donors (Lipinski definition) is 2. The zero-order valence-corrected chi connectivity index (χ0v) is 10.8. The third-order valence-corrected chi connectivity index (χ3v) is 2.72. The molecular formula is C13H17N3O2. The van der Waals surface area contributed by atoms with Gasteiger partial charge in [-0.15, -0.1) is 0 Å². The van der Waals surface area contributed by atoms with Gasteiger partial charge in [0.1, 0.15) is 0 Å². The molecular weight excluding hydrogens is 230 g/mol. The van der Waals surface area contributed by atoms with E-state index < -0.39 is 0 Å². The Morgan fingerprint density at radius 1 is 1.44 bits per heavy atom. The van der Waals surface area contributed by atoms with Gasteiger partial charge in [-0.3, -0.25) is 4.68 Å². The average Bonchev–Trinajstić information content (AvgIpc) is 2.67. The number of aryl methyl sites for hydroxylation is 2. The van der Waals surface area contributed by atoms with Crippen LogP contribution >= 0.6 is 0 Å². The molecule has 2 rings (SSSR count). The van der Waals surface area contributed by atoms with Crippen molar-refractivity contribution in [3.8, 4) is 11.5 Å². The van der Waals surface area contributed by atoms with Crippen LogP contribution in [-0.2, 0) is 13.6 Å². The van der Waals surface area contributed by atoms with Gasteiger partial charge in [-0.25, -0.2) is 0 Å². The van der Waals surface area contributed by atoms with Gasteiger partial charge in [0.2, 0.25) is 0 Å². The van der Waals surface area contributed by atoms with E-state index in [1.54, 1.807) is 16.8 Å². The molecule has 0 fully saturated rings. The number of methoxy groups -OCH3 is 1. The van der Waals surface area contributed by atoms with Crippen LogP contribution < -0.4 is 10.1 Å². The van der Waals surface area contributed by atoms with Crippen molar-refractivity contribution in [3.05, 3.63) is 35.5 Å². The number of benzene rings is 1. The lowest BCUT2D eigenvalue weighted by Crippen LogP contribution is -2.02. The molecule has 0 bridgehead atoms. The minimum Gasteiger partial charge on any atom is -0.504 e. The number of phenols is 1. The lowest BCUT2D eigenvalue weighted by molar-refractivity contribution is 0.373. The van der Waals surface area contributed by atoms with Crippen LogP contribution in [0.4, 0.5) is 5.82 Å². The lowest BCUT2D eigenvalue weighted by atomic mass is 10.2. The van der Waals surface area contributed by atoms with Crippen molar-refractivity contribution >= 4 is 5.82 Å². The normalized spacial score (nSPS) is 10.4. The van der Waals surface area contributed by atoms with E-state index in [1.165, 1.54) is 7.11 Å². The van der Waals surface area contributed by atoms with Crippen LogP contribution in [0.3, 0.4) is 0 Å². The second-order valence-corrected chi connectivity index (χ2v) is 4.19. The number of phenolic OH excluding ortho intramolecular Hbond substituents is 1. The molecule has 0 saturated carbocycles. The van der Waals surface area contributed by atoms with Crippen LogP contribution in [-0.4, -0.2) is 22.0 Å². The molecule has 0 atom stereocenters. The largest absolute Gasteiger partial charge is 0.504 e. The summed E-state index contributed by atoms with van der Waals surface area (Å²) in [6.07, 6.45) is 1.96. The molecule has 0 unspecified atom stereocenters. The summed E-state index contributed by atoms with van der Waals surface area (Å²) in [5.41, 5.74) is 2.12. The van der Waals surface area contributed by atoms with Gasteiger partial charge < -0.3 is 15.2 Å². The van der Waals surface area contributed by atoms with Gasteiger partial charge in [0.25, 0.3) is 0 Å². The summed E-state index contributed by atoms with van der Waals surface area (Å²) in [7, 11) is 3.43. The Bertz CT molecular complexity index is 549. The van der Waals surface area contributed by atoms with Gasteiger partial charge in [-0.1, -0.05) is 6.07 Å². The van der Waals surface area contributed by atoms with Crippen molar-refractivity contribution in [2.75, 3.05) is 12.4 Å². The molecule has 0 saturated heterocycles. The smallest absolute Gasteiger partial charge is 0.160 e. The molecule has 0 radical (unpaired) electrons. The van der Waals surface area contributed by atoms with Gasteiger partial charge >= 0.3 is 0 Å². The highest BCUT2D eigenvalue weighted by atomic mass is 16.5. The first-order chi connectivity index (χ1) is 8.60. The molecule has 0 aliphatic carbocycles. The topological polar surface area (TPSA) is 59.3 Å². The molecule has 5 nitrogen and oxygen atoms in total. The Balaban J connectivity index is 2.08. The van der Waals surface area contributed by atoms with E-state index in [-0.39, 0.29) is 5.75 Å². The molecule has 18 heavy (non-hydrogen) atoms. The number of ether oxygens (including phenoxy) is 1. The second-order valence-electron chi connectivity index (χ2n) is 4.19. The summed E-state index contributed by atoms with van der Waals surface area (Å²) in [6.45, 7) is 2.64. The quantitative estimate of drug-likeness (QED) is 0.868. The van der Waals surface area contributed by atoms with Crippen LogP contribution in [0.15, 0.2) is 24.4 Å². The fraction of sp³-hybridized carbons (Fsp3) is 0.308. The second kappa shape index (κ2) is 5.00.